The standard InChI is InChI=1S/C15H23NO3S/c1-10-9-14(11(2)12(3)15(10)19-4)20(17,18)16-13-7-5-6-8-13/h9,13,16H,5-8H2,1-4H3. The molecule has 1 fully saturated rings. The number of sulfonamides is 1. The molecular weight excluding hydrogens is 274 g/mol. The van der Waals surface area contributed by atoms with Gasteiger partial charge in [-0.25, -0.2) is 13.1 Å². The minimum atomic E-state index is -3.45. The van der Waals surface area contributed by atoms with Crippen molar-refractivity contribution in [3.8, 4) is 5.75 Å². The average Bonchev–Trinajstić information content (AvgIpc) is 2.86. The Balaban J connectivity index is 2.41. The van der Waals surface area contributed by atoms with Crippen LogP contribution in [0.4, 0.5) is 0 Å². The molecule has 1 aliphatic carbocycles. The molecule has 5 heteroatoms. The second-order valence-electron chi connectivity index (χ2n) is 5.58. The van der Waals surface area contributed by atoms with E-state index in [-0.39, 0.29) is 6.04 Å². The minimum absolute atomic E-state index is 0.0853. The van der Waals surface area contributed by atoms with E-state index in [1.54, 1.807) is 13.2 Å². The number of rotatable bonds is 4. The van der Waals surface area contributed by atoms with E-state index in [4.69, 9.17) is 4.74 Å². The summed E-state index contributed by atoms with van der Waals surface area (Å²) in [6, 6.07) is 1.79. The molecule has 0 spiro atoms. The Morgan fingerprint density at radius 1 is 1.15 bits per heavy atom. The monoisotopic (exact) mass is 297 g/mol. The second-order valence-corrected chi connectivity index (χ2v) is 7.26. The van der Waals surface area contributed by atoms with Crippen molar-refractivity contribution in [1.82, 2.24) is 4.72 Å². The van der Waals surface area contributed by atoms with Crippen LogP contribution in [0.15, 0.2) is 11.0 Å². The van der Waals surface area contributed by atoms with Crippen LogP contribution in [0.3, 0.4) is 0 Å². The van der Waals surface area contributed by atoms with Crippen LogP contribution in [-0.2, 0) is 10.0 Å². The SMILES string of the molecule is COc1c(C)cc(S(=O)(=O)NC2CCCC2)c(C)c1C. The van der Waals surface area contributed by atoms with Gasteiger partial charge < -0.3 is 4.74 Å². The summed E-state index contributed by atoms with van der Waals surface area (Å²) in [7, 11) is -1.84. The van der Waals surface area contributed by atoms with Crippen LogP contribution < -0.4 is 9.46 Å². The van der Waals surface area contributed by atoms with Gasteiger partial charge in [-0.3, -0.25) is 0 Å². The van der Waals surface area contributed by atoms with E-state index in [2.05, 4.69) is 4.72 Å². The van der Waals surface area contributed by atoms with Crippen molar-refractivity contribution >= 4 is 10.0 Å². The van der Waals surface area contributed by atoms with E-state index in [1.165, 1.54) is 0 Å². The highest BCUT2D eigenvalue weighted by molar-refractivity contribution is 7.89. The van der Waals surface area contributed by atoms with Gasteiger partial charge in [0.05, 0.1) is 12.0 Å². The van der Waals surface area contributed by atoms with Gasteiger partial charge in [-0.1, -0.05) is 12.8 Å². The van der Waals surface area contributed by atoms with Gasteiger partial charge >= 0.3 is 0 Å². The van der Waals surface area contributed by atoms with Gasteiger partial charge in [0.1, 0.15) is 5.75 Å². The van der Waals surface area contributed by atoms with Gasteiger partial charge in [0.2, 0.25) is 10.0 Å². The number of ether oxygens (including phenoxy) is 1. The largest absolute Gasteiger partial charge is 0.496 e. The Hall–Kier alpha value is -1.07. The summed E-state index contributed by atoms with van der Waals surface area (Å²) in [6.07, 6.45) is 4.08. The third-order valence-electron chi connectivity index (χ3n) is 4.15. The molecule has 2 rings (SSSR count). The Kier molecular flexibility index (Phi) is 4.39. The average molecular weight is 297 g/mol. The number of benzene rings is 1. The first kappa shape index (κ1) is 15.3. The second kappa shape index (κ2) is 5.74. The van der Waals surface area contributed by atoms with Gasteiger partial charge in [-0.2, -0.15) is 0 Å². The summed E-state index contributed by atoms with van der Waals surface area (Å²) in [5.41, 5.74) is 2.50. The minimum Gasteiger partial charge on any atom is -0.496 e. The molecule has 1 aliphatic rings. The van der Waals surface area contributed by atoms with E-state index >= 15 is 0 Å². The fourth-order valence-electron chi connectivity index (χ4n) is 2.94. The molecule has 1 aromatic rings. The molecule has 1 saturated carbocycles. The van der Waals surface area contributed by atoms with Crippen molar-refractivity contribution in [1.29, 1.82) is 0 Å². The predicted molar refractivity (Wildman–Crippen MR) is 79.8 cm³/mol. The van der Waals surface area contributed by atoms with Gasteiger partial charge in [0, 0.05) is 6.04 Å². The molecule has 0 heterocycles. The number of hydrogen-bond donors (Lipinski definition) is 1. The maximum Gasteiger partial charge on any atom is 0.241 e. The molecule has 0 atom stereocenters. The molecule has 0 saturated heterocycles. The Morgan fingerprint density at radius 2 is 1.75 bits per heavy atom. The third kappa shape index (κ3) is 2.83. The predicted octanol–water partition coefficient (Wildman–Crippen LogP) is 2.84. The van der Waals surface area contributed by atoms with E-state index in [0.29, 0.717) is 4.90 Å². The summed E-state index contributed by atoms with van der Waals surface area (Å²) in [5.74, 6) is 0.766. The molecule has 0 aliphatic heterocycles. The van der Waals surface area contributed by atoms with Crippen LogP contribution in [0.1, 0.15) is 42.4 Å². The highest BCUT2D eigenvalue weighted by Gasteiger charge is 2.26. The van der Waals surface area contributed by atoms with Gasteiger partial charge in [-0.05, 0) is 56.4 Å². The Labute approximate surface area is 121 Å². The fraction of sp³-hybridized carbons (Fsp3) is 0.600. The van der Waals surface area contributed by atoms with Gasteiger partial charge in [0.15, 0.2) is 0 Å². The van der Waals surface area contributed by atoms with Crippen molar-refractivity contribution in [2.24, 2.45) is 0 Å². The summed E-state index contributed by atoms with van der Waals surface area (Å²) >= 11 is 0. The zero-order valence-electron chi connectivity index (χ0n) is 12.6. The molecule has 112 valence electrons. The molecule has 1 aromatic carbocycles. The highest BCUT2D eigenvalue weighted by Crippen LogP contribution is 2.31. The lowest BCUT2D eigenvalue weighted by molar-refractivity contribution is 0.407. The van der Waals surface area contributed by atoms with Crippen molar-refractivity contribution in [2.75, 3.05) is 7.11 Å². The molecule has 0 radical (unpaired) electrons. The molecule has 1 N–H and O–H groups in total. The zero-order chi connectivity index (χ0) is 14.9. The molecule has 0 aromatic heterocycles. The Morgan fingerprint density at radius 3 is 2.30 bits per heavy atom. The third-order valence-corrected chi connectivity index (χ3v) is 5.80. The van der Waals surface area contributed by atoms with E-state index < -0.39 is 10.0 Å². The number of aryl methyl sites for hydroxylation is 1. The fourth-order valence-corrected chi connectivity index (χ4v) is 4.63. The number of methoxy groups -OCH3 is 1. The van der Waals surface area contributed by atoms with Crippen molar-refractivity contribution in [2.45, 2.75) is 57.4 Å². The van der Waals surface area contributed by atoms with Crippen LogP contribution in [0.2, 0.25) is 0 Å². The number of hydrogen-bond acceptors (Lipinski definition) is 3. The van der Waals surface area contributed by atoms with Gasteiger partial charge in [-0.15, -0.1) is 0 Å². The van der Waals surface area contributed by atoms with Crippen molar-refractivity contribution in [3.63, 3.8) is 0 Å². The van der Waals surface area contributed by atoms with Crippen LogP contribution in [0, 0.1) is 20.8 Å². The zero-order valence-corrected chi connectivity index (χ0v) is 13.4. The molecular formula is C15H23NO3S. The first-order chi connectivity index (χ1) is 9.36. The van der Waals surface area contributed by atoms with E-state index in [1.807, 2.05) is 20.8 Å². The van der Waals surface area contributed by atoms with E-state index in [9.17, 15) is 8.42 Å². The van der Waals surface area contributed by atoms with E-state index in [0.717, 1.165) is 48.1 Å². The normalized spacial score (nSPS) is 16.6. The quantitative estimate of drug-likeness (QED) is 0.929. The lowest BCUT2D eigenvalue weighted by Gasteiger charge is -2.18. The highest BCUT2D eigenvalue weighted by atomic mass is 32.2. The summed E-state index contributed by atoms with van der Waals surface area (Å²) < 4.78 is 33.3. The molecule has 0 amide bonds. The maximum atomic E-state index is 12.6. The van der Waals surface area contributed by atoms with Crippen LogP contribution >= 0.6 is 0 Å². The summed E-state index contributed by atoms with van der Waals surface area (Å²) in [6.45, 7) is 5.61. The van der Waals surface area contributed by atoms with Crippen molar-refractivity contribution in [3.05, 3.63) is 22.8 Å². The molecule has 0 unspecified atom stereocenters. The topological polar surface area (TPSA) is 55.4 Å². The van der Waals surface area contributed by atoms with Crippen LogP contribution in [-0.4, -0.2) is 21.6 Å². The van der Waals surface area contributed by atoms with Crippen molar-refractivity contribution < 1.29 is 13.2 Å². The summed E-state index contributed by atoms with van der Waals surface area (Å²) in [5, 5.41) is 0. The molecule has 0 bridgehead atoms. The first-order valence-electron chi connectivity index (χ1n) is 7.04. The molecule has 4 nitrogen and oxygen atoms in total. The first-order valence-corrected chi connectivity index (χ1v) is 8.52. The van der Waals surface area contributed by atoms with Gasteiger partial charge in [0.25, 0.3) is 0 Å². The number of nitrogens with one attached hydrogen (secondary N) is 1. The lowest BCUT2D eigenvalue weighted by atomic mass is 10.1. The molecule has 20 heavy (non-hydrogen) atoms. The van der Waals surface area contributed by atoms with Crippen LogP contribution in [0.5, 0.6) is 5.75 Å². The van der Waals surface area contributed by atoms with Crippen LogP contribution in [0.25, 0.3) is 0 Å². The summed E-state index contributed by atoms with van der Waals surface area (Å²) in [4.78, 5) is 0.375. The maximum absolute atomic E-state index is 12.6. The lowest BCUT2D eigenvalue weighted by Crippen LogP contribution is -2.33. The smallest absolute Gasteiger partial charge is 0.241 e. The Bertz CT molecular complexity index is 602.